The van der Waals surface area contributed by atoms with Gasteiger partial charge in [-0.2, -0.15) is 0 Å². The Labute approximate surface area is 150 Å². The van der Waals surface area contributed by atoms with Crippen molar-refractivity contribution in [2.24, 2.45) is 5.92 Å². The number of hydrogen-bond donors (Lipinski definition) is 1. The number of aliphatic carboxylic acids is 1. The Kier molecular flexibility index (Phi) is 5.39. The number of carboxylic acids is 1. The Morgan fingerprint density at radius 2 is 2.24 bits per heavy atom. The van der Waals surface area contributed by atoms with Crippen LogP contribution in [0, 0.1) is 18.7 Å². The first-order valence-electron chi connectivity index (χ1n) is 8.35. The zero-order chi connectivity index (χ0) is 18.0. The molecule has 2 aromatic rings. The molecule has 2 unspecified atom stereocenters. The van der Waals surface area contributed by atoms with E-state index >= 15 is 0 Å². The standard InChI is InChI=1S/C19H22FNO3S/c1-12-8-17(25-11-12)18(15-9-14(20)5-6-16(15)24-2)21-7-3-4-13(10-21)19(22)23/h5-6,8-9,11,13,18H,3-4,7,10H2,1-2H3,(H,22,23). The van der Waals surface area contributed by atoms with Crippen molar-refractivity contribution in [3.63, 3.8) is 0 Å². The van der Waals surface area contributed by atoms with E-state index in [0.29, 0.717) is 18.7 Å². The maximum absolute atomic E-state index is 14.0. The van der Waals surface area contributed by atoms with Crippen molar-refractivity contribution in [2.45, 2.75) is 25.8 Å². The first-order valence-corrected chi connectivity index (χ1v) is 9.23. The Morgan fingerprint density at radius 3 is 2.88 bits per heavy atom. The molecule has 0 aliphatic carbocycles. The second-order valence-electron chi connectivity index (χ2n) is 6.49. The van der Waals surface area contributed by atoms with E-state index in [-0.39, 0.29) is 11.9 Å². The summed E-state index contributed by atoms with van der Waals surface area (Å²) in [4.78, 5) is 14.7. The van der Waals surface area contributed by atoms with Crippen molar-refractivity contribution in [2.75, 3.05) is 20.2 Å². The van der Waals surface area contributed by atoms with Crippen LogP contribution >= 0.6 is 11.3 Å². The average molecular weight is 363 g/mol. The third kappa shape index (κ3) is 3.85. The van der Waals surface area contributed by atoms with Crippen LogP contribution in [0.1, 0.15) is 34.9 Å². The molecule has 25 heavy (non-hydrogen) atoms. The molecule has 1 saturated heterocycles. The number of piperidine rings is 1. The van der Waals surface area contributed by atoms with Gasteiger partial charge < -0.3 is 9.84 Å². The molecule has 1 aliphatic heterocycles. The highest BCUT2D eigenvalue weighted by molar-refractivity contribution is 7.10. The lowest BCUT2D eigenvalue weighted by Crippen LogP contribution is -2.41. The molecule has 2 heterocycles. The highest BCUT2D eigenvalue weighted by atomic mass is 32.1. The summed E-state index contributed by atoms with van der Waals surface area (Å²) < 4.78 is 19.4. The molecule has 1 fully saturated rings. The summed E-state index contributed by atoms with van der Waals surface area (Å²) in [5.41, 5.74) is 1.89. The summed E-state index contributed by atoms with van der Waals surface area (Å²) >= 11 is 1.61. The normalized spacial score (nSPS) is 19.6. The number of likely N-dealkylation sites (tertiary alicyclic amines) is 1. The van der Waals surface area contributed by atoms with Crippen LogP contribution in [-0.4, -0.2) is 36.2 Å². The lowest BCUT2D eigenvalue weighted by atomic mass is 9.93. The van der Waals surface area contributed by atoms with Gasteiger partial charge in [0.25, 0.3) is 0 Å². The monoisotopic (exact) mass is 363 g/mol. The number of methoxy groups -OCH3 is 1. The topological polar surface area (TPSA) is 49.8 Å². The summed E-state index contributed by atoms with van der Waals surface area (Å²) in [5.74, 6) is -0.857. The molecule has 4 nitrogen and oxygen atoms in total. The van der Waals surface area contributed by atoms with Gasteiger partial charge in [-0.15, -0.1) is 11.3 Å². The van der Waals surface area contributed by atoms with Crippen LogP contribution in [0.2, 0.25) is 0 Å². The fourth-order valence-electron chi connectivity index (χ4n) is 3.49. The third-order valence-electron chi connectivity index (χ3n) is 4.67. The molecule has 1 aromatic carbocycles. The first kappa shape index (κ1) is 17.9. The van der Waals surface area contributed by atoms with Crippen LogP contribution in [0.15, 0.2) is 29.6 Å². The molecule has 1 aromatic heterocycles. The van der Waals surface area contributed by atoms with Crippen molar-refractivity contribution in [1.82, 2.24) is 4.90 Å². The molecule has 0 radical (unpaired) electrons. The Balaban J connectivity index is 2.05. The number of carboxylic acid groups (broad SMARTS) is 1. The Hall–Kier alpha value is -1.92. The van der Waals surface area contributed by atoms with Gasteiger partial charge in [-0.1, -0.05) is 0 Å². The highest BCUT2D eigenvalue weighted by Gasteiger charge is 2.33. The van der Waals surface area contributed by atoms with Crippen LogP contribution in [0.4, 0.5) is 4.39 Å². The molecule has 0 saturated carbocycles. The molecule has 1 N–H and O–H groups in total. The number of benzene rings is 1. The maximum atomic E-state index is 14.0. The average Bonchev–Trinajstić information content (AvgIpc) is 3.01. The number of hydrogen-bond acceptors (Lipinski definition) is 4. The lowest BCUT2D eigenvalue weighted by Gasteiger charge is -2.37. The summed E-state index contributed by atoms with van der Waals surface area (Å²) in [6.45, 7) is 3.26. The van der Waals surface area contributed by atoms with Gasteiger partial charge in [-0.3, -0.25) is 9.69 Å². The largest absolute Gasteiger partial charge is 0.496 e. The lowest BCUT2D eigenvalue weighted by molar-refractivity contribution is -0.143. The van der Waals surface area contributed by atoms with E-state index in [9.17, 15) is 14.3 Å². The van der Waals surface area contributed by atoms with E-state index in [0.717, 1.165) is 29.0 Å². The van der Waals surface area contributed by atoms with Gasteiger partial charge in [0.15, 0.2) is 0 Å². The van der Waals surface area contributed by atoms with Crippen LogP contribution in [0.25, 0.3) is 0 Å². The van der Waals surface area contributed by atoms with Gasteiger partial charge >= 0.3 is 5.97 Å². The number of rotatable bonds is 5. The predicted molar refractivity (Wildman–Crippen MR) is 95.8 cm³/mol. The Bertz CT molecular complexity index is 761. The molecule has 134 valence electrons. The van der Waals surface area contributed by atoms with E-state index in [1.807, 2.05) is 6.92 Å². The summed E-state index contributed by atoms with van der Waals surface area (Å²) in [7, 11) is 1.57. The molecule has 0 spiro atoms. The molecule has 0 amide bonds. The molecular weight excluding hydrogens is 341 g/mol. The van der Waals surface area contributed by atoms with Crippen LogP contribution < -0.4 is 4.74 Å². The molecule has 6 heteroatoms. The summed E-state index contributed by atoms with van der Waals surface area (Å²) in [5, 5.41) is 11.5. The second kappa shape index (κ2) is 7.54. The van der Waals surface area contributed by atoms with Crippen LogP contribution in [-0.2, 0) is 4.79 Å². The predicted octanol–water partition coefficient (Wildman–Crippen LogP) is 4.09. The van der Waals surface area contributed by atoms with Crippen molar-refractivity contribution in [3.05, 3.63) is 51.5 Å². The van der Waals surface area contributed by atoms with Gasteiger partial charge in [-0.25, -0.2) is 4.39 Å². The summed E-state index contributed by atoms with van der Waals surface area (Å²) in [6, 6.07) is 6.41. The van der Waals surface area contributed by atoms with Gasteiger partial charge in [0, 0.05) is 17.0 Å². The van der Waals surface area contributed by atoms with Gasteiger partial charge in [0.2, 0.25) is 0 Å². The minimum atomic E-state index is -0.767. The SMILES string of the molecule is COc1ccc(F)cc1C(c1cc(C)cs1)N1CCCC(C(=O)O)C1. The van der Waals surface area contributed by atoms with Gasteiger partial charge in [0.05, 0.1) is 19.1 Å². The minimum Gasteiger partial charge on any atom is -0.496 e. The van der Waals surface area contributed by atoms with Gasteiger partial charge in [-0.05, 0) is 61.5 Å². The van der Waals surface area contributed by atoms with Crippen molar-refractivity contribution < 1.29 is 19.0 Å². The molecule has 0 bridgehead atoms. The zero-order valence-corrected chi connectivity index (χ0v) is 15.2. The number of thiophene rings is 1. The first-order chi connectivity index (χ1) is 12.0. The minimum absolute atomic E-state index is 0.202. The number of carbonyl (C=O) groups is 1. The number of ether oxygens (including phenoxy) is 1. The van der Waals surface area contributed by atoms with E-state index < -0.39 is 11.9 Å². The number of halogens is 1. The molecule has 3 rings (SSSR count). The van der Waals surface area contributed by atoms with E-state index in [1.54, 1.807) is 24.5 Å². The molecule has 2 atom stereocenters. The highest BCUT2D eigenvalue weighted by Crippen LogP contribution is 2.39. The van der Waals surface area contributed by atoms with E-state index in [2.05, 4.69) is 16.3 Å². The van der Waals surface area contributed by atoms with Crippen LogP contribution in [0.5, 0.6) is 5.75 Å². The number of nitrogens with zero attached hydrogens (tertiary/aromatic N) is 1. The van der Waals surface area contributed by atoms with Crippen molar-refractivity contribution in [3.8, 4) is 5.75 Å². The smallest absolute Gasteiger partial charge is 0.307 e. The van der Waals surface area contributed by atoms with E-state index in [4.69, 9.17) is 4.74 Å². The third-order valence-corrected chi connectivity index (χ3v) is 5.78. The molecular formula is C19H22FNO3S. The van der Waals surface area contributed by atoms with Crippen LogP contribution in [0.3, 0.4) is 0 Å². The maximum Gasteiger partial charge on any atom is 0.307 e. The summed E-state index contributed by atoms with van der Waals surface area (Å²) in [6.07, 6.45) is 1.50. The van der Waals surface area contributed by atoms with Crippen molar-refractivity contribution >= 4 is 17.3 Å². The van der Waals surface area contributed by atoms with E-state index in [1.165, 1.54) is 12.1 Å². The second-order valence-corrected chi connectivity index (χ2v) is 7.43. The Morgan fingerprint density at radius 1 is 1.44 bits per heavy atom. The zero-order valence-electron chi connectivity index (χ0n) is 14.4. The fraction of sp³-hybridized carbons (Fsp3) is 0.421. The van der Waals surface area contributed by atoms with Crippen molar-refractivity contribution in [1.29, 1.82) is 0 Å². The fourth-order valence-corrected chi connectivity index (χ4v) is 4.54. The van der Waals surface area contributed by atoms with Gasteiger partial charge in [0.1, 0.15) is 11.6 Å². The quantitative estimate of drug-likeness (QED) is 0.869. The molecule has 1 aliphatic rings. The number of aryl methyl sites for hydroxylation is 1.